The predicted octanol–water partition coefficient (Wildman–Crippen LogP) is 4.11. The molecular weight excluding hydrogens is 390 g/mol. The summed E-state index contributed by atoms with van der Waals surface area (Å²) in [5, 5.41) is 0.0111. The van der Waals surface area contributed by atoms with Gasteiger partial charge in [-0.3, -0.25) is 4.79 Å². The summed E-state index contributed by atoms with van der Waals surface area (Å²) in [5.41, 5.74) is 1.79. The molecule has 4 rings (SSSR count). The van der Waals surface area contributed by atoms with Crippen molar-refractivity contribution in [3.05, 3.63) is 58.1 Å². The molecule has 0 spiro atoms. The van der Waals surface area contributed by atoms with Crippen molar-refractivity contribution >= 4 is 33.6 Å². The number of thioether (sulfide) groups is 1. The van der Waals surface area contributed by atoms with Crippen LogP contribution in [0.15, 0.2) is 46.9 Å². The fourth-order valence-corrected chi connectivity index (χ4v) is 4.44. The molecule has 2 aliphatic heterocycles. The van der Waals surface area contributed by atoms with Crippen molar-refractivity contribution in [2.75, 3.05) is 25.5 Å². The highest BCUT2D eigenvalue weighted by Gasteiger charge is 2.32. The Balaban J connectivity index is 1.60. The monoisotopic (exact) mass is 405 g/mol. The van der Waals surface area contributed by atoms with Crippen LogP contribution in [-0.4, -0.2) is 36.3 Å². The number of ether oxygens (including phenoxy) is 2. The minimum atomic E-state index is 0.0111. The van der Waals surface area contributed by atoms with E-state index in [2.05, 4.69) is 15.9 Å². The molecule has 1 fully saturated rings. The molecule has 124 valence electrons. The third kappa shape index (κ3) is 3.00. The summed E-state index contributed by atoms with van der Waals surface area (Å²) in [4.78, 5) is 14.8. The molecule has 6 heteroatoms. The first kappa shape index (κ1) is 15.8. The van der Waals surface area contributed by atoms with Gasteiger partial charge in [0, 0.05) is 22.3 Å². The van der Waals surface area contributed by atoms with Crippen molar-refractivity contribution in [2.24, 2.45) is 0 Å². The molecule has 0 N–H and O–H groups in total. The molecule has 1 saturated heterocycles. The molecule has 1 atom stereocenters. The third-order valence-electron chi connectivity index (χ3n) is 4.09. The first-order chi connectivity index (χ1) is 11.7. The normalized spacial score (nSPS) is 19.4. The quantitative estimate of drug-likeness (QED) is 0.753. The number of rotatable bonds is 2. The summed E-state index contributed by atoms with van der Waals surface area (Å²) in [5.74, 6) is 2.54. The molecule has 4 nitrogen and oxygen atoms in total. The summed E-state index contributed by atoms with van der Waals surface area (Å²) in [6.45, 7) is 1.90. The Kier molecular flexibility index (Phi) is 4.41. The molecule has 2 aromatic carbocycles. The van der Waals surface area contributed by atoms with Gasteiger partial charge in [0.05, 0.1) is 0 Å². The number of benzene rings is 2. The lowest BCUT2D eigenvalue weighted by molar-refractivity contribution is 0.0760. The van der Waals surface area contributed by atoms with E-state index < -0.39 is 0 Å². The minimum absolute atomic E-state index is 0.0111. The Labute approximate surface area is 153 Å². The fraction of sp³-hybridized carbons (Fsp3) is 0.278. The van der Waals surface area contributed by atoms with E-state index in [0.29, 0.717) is 18.8 Å². The zero-order valence-electron chi connectivity index (χ0n) is 12.9. The fourth-order valence-electron chi connectivity index (χ4n) is 2.93. The van der Waals surface area contributed by atoms with Gasteiger partial charge in [-0.25, -0.2) is 0 Å². The zero-order chi connectivity index (χ0) is 16.5. The Bertz CT molecular complexity index is 765. The summed E-state index contributed by atoms with van der Waals surface area (Å²) in [6.07, 6.45) is 0. The van der Waals surface area contributed by atoms with Gasteiger partial charge in [-0.15, -0.1) is 11.8 Å². The number of nitrogens with zero attached hydrogens (tertiary/aromatic N) is 1. The van der Waals surface area contributed by atoms with Gasteiger partial charge in [-0.2, -0.15) is 0 Å². The summed E-state index contributed by atoms with van der Waals surface area (Å²) in [7, 11) is 0. The highest BCUT2D eigenvalue weighted by molar-refractivity contribution is 9.10. The standard InChI is InChI=1S/C18H16BrNO3S/c19-14-4-1-12(2-5-14)17(21)20-7-10-24-18(20)13-3-6-15-16(11-13)23-9-8-22-15/h1-6,11,18H,7-10H2. The Hall–Kier alpha value is -1.66. The molecule has 0 aliphatic carbocycles. The van der Waals surface area contributed by atoms with E-state index in [-0.39, 0.29) is 11.3 Å². The highest BCUT2D eigenvalue weighted by Crippen LogP contribution is 2.42. The van der Waals surface area contributed by atoms with Crippen LogP contribution in [0, 0.1) is 0 Å². The maximum atomic E-state index is 12.9. The molecule has 1 amide bonds. The van der Waals surface area contributed by atoms with Gasteiger partial charge >= 0.3 is 0 Å². The molecule has 1 unspecified atom stereocenters. The molecule has 24 heavy (non-hydrogen) atoms. The lowest BCUT2D eigenvalue weighted by Gasteiger charge is -2.26. The minimum Gasteiger partial charge on any atom is -0.486 e. The van der Waals surface area contributed by atoms with E-state index in [4.69, 9.17) is 9.47 Å². The highest BCUT2D eigenvalue weighted by atomic mass is 79.9. The van der Waals surface area contributed by atoms with Crippen molar-refractivity contribution in [1.82, 2.24) is 4.90 Å². The van der Waals surface area contributed by atoms with E-state index in [9.17, 15) is 4.79 Å². The van der Waals surface area contributed by atoms with Crippen LogP contribution >= 0.6 is 27.7 Å². The first-order valence-corrected chi connectivity index (χ1v) is 9.64. The van der Waals surface area contributed by atoms with Crippen LogP contribution in [0.1, 0.15) is 21.3 Å². The Morgan fingerprint density at radius 1 is 1.08 bits per heavy atom. The second kappa shape index (κ2) is 6.69. The van der Waals surface area contributed by atoms with Crippen LogP contribution in [-0.2, 0) is 0 Å². The van der Waals surface area contributed by atoms with Crippen molar-refractivity contribution in [2.45, 2.75) is 5.37 Å². The van der Waals surface area contributed by atoms with Crippen LogP contribution in [0.4, 0.5) is 0 Å². The number of halogens is 1. The van der Waals surface area contributed by atoms with Crippen LogP contribution in [0.2, 0.25) is 0 Å². The molecule has 0 radical (unpaired) electrons. The van der Waals surface area contributed by atoms with E-state index in [1.165, 1.54) is 0 Å². The Morgan fingerprint density at radius 3 is 2.62 bits per heavy atom. The second-order valence-corrected chi connectivity index (χ2v) is 7.74. The van der Waals surface area contributed by atoms with Crippen LogP contribution in [0.5, 0.6) is 11.5 Å². The molecular formula is C18H16BrNO3S. The van der Waals surface area contributed by atoms with Crippen LogP contribution < -0.4 is 9.47 Å². The van der Waals surface area contributed by atoms with E-state index >= 15 is 0 Å². The molecule has 2 heterocycles. The summed E-state index contributed by atoms with van der Waals surface area (Å²) in [6, 6.07) is 13.5. The van der Waals surface area contributed by atoms with Gasteiger partial charge in [0.15, 0.2) is 11.5 Å². The lowest BCUT2D eigenvalue weighted by Crippen LogP contribution is -2.30. The largest absolute Gasteiger partial charge is 0.486 e. The van der Waals surface area contributed by atoms with Gasteiger partial charge < -0.3 is 14.4 Å². The molecule has 0 aromatic heterocycles. The maximum Gasteiger partial charge on any atom is 0.255 e. The van der Waals surface area contributed by atoms with E-state index in [1.54, 1.807) is 11.8 Å². The van der Waals surface area contributed by atoms with Gasteiger partial charge in [0.2, 0.25) is 0 Å². The molecule has 2 aromatic rings. The number of amides is 1. The van der Waals surface area contributed by atoms with Crippen LogP contribution in [0.25, 0.3) is 0 Å². The van der Waals surface area contributed by atoms with Crippen molar-refractivity contribution in [1.29, 1.82) is 0 Å². The number of hydrogen-bond acceptors (Lipinski definition) is 4. The summed E-state index contributed by atoms with van der Waals surface area (Å²) < 4.78 is 12.2. The average molecular weight is 406 g/mol. The smallest absolute Gasteiger partial charge is 0.255 e. The van der Waals surface area contributed by atoms with Gasteiger partial charge in [0.1, 0.15) is 18.6 Å². The maximum absolute atomic E-state index is 12.9. The topological polar surface area (TPSA) is 38.8 Å². The zero-order valence-corrected chi connectivity index (χ0v) is 15.3. The van der Waals surface area contributed by atoms with Crippen molar-refractivity contribution < 1.29 is 14.3 Å². The van der Waals surface area contributed by atoms with Gasteiger partial charge in [-0.1, -0.05) is 22.0 Å². The Morgan fingerprint density at radius 2 is 1.83 bits per heavy atom. The lowest BCUT2D eigenvalue weighted by atomic mass is 10.1. The van der Waals surface area contributed by atoms with Crippen LogP contribution in [0.3, 0.4) is 0 Å². The summed E-state index contributed by atoms with van der Waals surface area (Å²) >= 11 is 5.19. The van der Waals surface area contributed by atoms with E-state index in [1.807, 2.05) is 47.4 Å². The molecule has 0 bridgehead atoms. The second-order valence-electron chi connectivity index (χ2n) is 5.63. The van der Waals surface area contributed by atoms with Crippen molar-refractivity contribution in [3.8, 4) is 11.5 Å². The van der Waals surface area contributed by atoms with Gasteiger partial charge in [0.25, 0.3) is 5.91 Å². The van der Waals surface area contributed by atoms with Crippen molar-refractivity contribution in [3.63, 3.8) is 0 Å². The SMILES string of the molecule is O=C(c1ccc(Br)cc1)N1CCSC1c1ccc2c(c1)OCCO2. The number of fused-ring (bicyclic) bond motifs is 1. The third-order valence-corrected chi connectivity index (χ3v) is 5.88. The predicted molar refractivity (Wildman–Crippen MR) is 97.8 cm³/mol. The molecule has 2 aliphatic rings. The average Bonchev–Trinajstić information content (AvgIpc) is 3.11. The number of carbonyl (C=O) groups is 1. The first-order valence-electron chi connectivity index (χ1n) is 7.80. The van der Waals surface area contributed by atoms with Gasteiger partial charge in [-0.05, 0) is 42.0 Å². The number of hydrogen-bond donors (Lipinski definition) is 0. The van der Waals surface area contributed by atoms with E-state index in [0.717, 1.165) is 33.8 Å². The molecule has 0 saturated carbocycles. The number of carbonyl (C=O) groups excluding carboxylic acids is 1.